The summed E-state index contributed by atoms with van der Waals surface area (Å²) in [5, 5.41) is 14.1. The maximum absolute atomic E-state index is 14.9. The molecule has 0 fully saturated rings. The maximum atomic E-state index is 14.9. The molecule has 0 bridgehead atoms. The van der Waals surface area contributed by atoms with Crippen molar-refractivity contribution in [3.05, 3.63) is 68.7 Å². The summed E-state index contributed by atoms with van der Waals surface area (Å²) in [6.45, 7) is 1.89. The number of carbonyl (C=O) groups is 1. The quantitative estimate of drug-likeness (QED) is 0.408. The maximum Gasteiger partial charge on any atom is 0.427 e. The van der Waals surface area contributed by atoms with Crippen LogP contribution >= 0.6 is 34.5 Å². The number of nitrogens with zero attached hydrogens (tertiary/aromatic N) is 2. The Kier molecular flexibility index (Phi) is 7.05. The lowest BCUT2D eigenvalue weighted by atomic mass is 10.0. The predicted octanol–water partition coefficient (Wildman–Crippen LogP) is 6.03. The third-order valence-corrected chi connectivity index (χ3v) is 7.28. The second-order valence-corrected chi connectivity index (χ2v) is 9.58. The van der Waals surface area contributed by atoms with Crippen molar-refractivity contribution >= 4 is 62.2 Å². The third-order valence-electron chi connectivity index (χ3n) is 4.36. The van der Waals surface area contributed by atoms with E-state index in [0.29, 0.717) is 11.4 Å². The van der Waals surface area contributed by atoms with E-state index >= 15 is 0 Å². The monoisotopic (exact) mass is 503 g/mol. The fourth-order valence-electron chi connectivity index (χ4n) is 2.91. The van der Waals surface area contributed by atoms with Gasteiger partial charge in [-0.3, -0.25) is 0 Å². The van der Waals surface area contributed by atoms with E-state index in [1.165, 1.54) is 10.9 Å². The highest BCUT2D eigenvalue weighted by Crippen LogP contribution is 2.35. The van der Waals surface area contributed by atoms with Crippen LogP contribution in [0.5, 0.6) is 0 Å². The molecular weight excluding hydrogens is 488 g/mol. The first kappa shape index (κ1) is 23.3. The standard InChI is InChI=1S/C19H16Cl2FN3O4S2/c1-2-15(11-5-3-4-6-12(11)20)24-16-8-14(22)17(7-13(16)21)31(28,29)25(19(26)27)18-9-30-10-23-18/h3-10,15,24H,2H2,1H3,(H,26,27). The highest BCUT2D eigenvalue weighted by Gasteiger charge is 2.35. The van der Waals surface area contributed by atoms with Gasteiger partial charge in [-0.2, -0.15) is 0 Å². The number of halogens is 3. The van der Waals surface area contributed by atoms with E-state index in [1.54, 1.807) is 12.1 Å². The molecule has 164 valence electrons. The second kappa shape index (κ2) is 9.39. The highest BCUT2D eigenvalue weighted by atomic mass is 35.5. The van der Waals surface area contributed by atoms with E-state index in [-0.39, 0.29) is 26.9 Å². The molecular formula is C19H16Cl2FN3O4S2. The Morgan fingerprint density at radius 3 is 2.58 bits per heavy atom. The zero-order chi connectivity index (χ0) is 22.8. The van der Waals surface area contributed by atoms with Crippen molar-refractivity contribution in [2.24, 2.45) is 0 Å². The Morgan fingerprint density at radius 1 is 1.29 bits per heavy atom. The number of rotatable bonds is 7. The lowest BCUT2D eigenvalue weighted by Gasteiger charge is -2.22. The van der Waals surface area contributed by atoms with Crippen LogP contribution in [0.1, 0.15) is 24.9 Å². The van der Waals surface area contributed by atoms with Crippen molar-refractivity contribution in [3.8, 4) is 0 Å². The lowest BCUT2D eigenvalue weighted by Crippen LogP contribution is -2.36. The molecule has 0 saturated carbocycles. The van der Waals surface area contributed by atoms with Gasteiger partial charge in [-0.15, -0.1) is 15.6 Å². The first-order valence-corrected chi connectivity index (χ1v) is 12.0. The molecule has 7 nitrogen and oxygen atoms in total. The number of nitrogens with one attached hydrogen (secondary N) is 1. The largest absolute Gasteiger partial charge is 0.464 e. The fourth-order valence-corrected chi connectivity index (χ4v) is 5.37. The van der Waals surface area contributed by atoms with Gasteiger partial charge in [-0.25, -0.2) is 22.6 Å². The normalized spacial score (nSPS) is 12.4. The van der Waals surface area contributed by atoms with E-state index in [4.69, 9.17) is 23.2 Å². The first-order chi connectivity index (χ1) is 14.7. The number of anilines is 2. The molecule has 31 heavy (non-hydrogen) atoms. The second-order valence-electron chi connectivity index (χ2n) is 6.29. The molecule has 1 unspecified atom stereocenters. The summed E-state index contributed by atoms with van der Waals surface area (Å²) in [5.41, 5.74) is 2.16. The third kappa shape index (κ3) is 4.77. The van der Waals surface area contributed by atoms with Crippen molar-refractivity contribution in [2.75, 3.05) is 9.62 Å². The van der Waals surface area contributed by atoms with Crippen molar-refractivity contribution in [1.29, 1.82) is 0 Å². The number of benzene rings is 2. The van der Waals surface area contributed by atoms with Crippen molar-refractivity contribution in [3.63, 3.8) is 0 Å². The SMILES string of the molecule is CCC(Nc1cc(F)c(S(=O)(=O)N(C(=O)O)c2cscn2)cc1Cl)c1ccccc1Cl. The fraction of sp³-hybridized carbons (Fsp3) is 0.158. The molecule has 0 saturated heterocycles. The molecule has 1 amide bonds. The summed E-state index contributed by atoms with van der Waals surface area (Å²) in [6.07, 6.45) is -1.24. The van der Waals surface area contributed by atoms with E-state index < -0.39 is 26.8 Å². The summed E-state index contributed by atoms with van der Waals surface area (Å²) in [6, 6.07) is 8.58. The summed E-state index contributed by atoms with van der Waals surface area (Å²) in [7, 11) is -4.82. The molecule has 0 aliphatic rings. The molecule has 0 spiro atoms. The van der Waals surface area contributed by atoms with Crippen molar-refractivity contribution < 1.29 is 22.7 Å². The van der Waals surface area contributed by atoms with E-state index in [1.807, 2.05) is 19.1 Å². The summed E-state index contributed by atoms with van der Waals surface area (Å²) in [4.78, 5) is 14.4. The van der Waals surface area contributed by atoms with Crippen molar-refractivity contribution in [1.82, 2.24) is 4.98 Å². The van der Waals surface area contributed by atoms with Crippen LogP contribution in [0.4, 0.5) is 20.7 Å². The molecule has 0 aliphatic carbocycles. The average molecular weight is 504 g/mol. The zero-order valence-corrected chi connectivity index (χ0v) is 19.1. The van der Waals surface area contributed by atoms with Gasteiger partial charge in [0.05, 0.1) is 22.3 Å². The van der Waals surface area contributed by atoms with Crippen LogP contribution in [0.2, 0.25) is 10.0 Å². The minimum Gasteiger partial charge on any atom is -0.464 e. The van der Waals surface area contributed by atoms with Gasteiger partial charge in [0, 0.05) is 10.4 Å². The summed E-state index contributed by atoms with van der Waals surface area (Å²) >= 11 is 13.5. The Hall–Kier alpha value is -2.40. The van der Waals surface area contributed by atoms with Crippen molar-refractivity contribution in [2.45, 2.75) is 24.3 Å². The molecule has 0 aliphatic heterocycles. The average Bonchev–Trinajstić information content (AvgIpc) is 3.22. The molecule has 1 atom stereocenters. The van der Waals surface area contributed by atoms with Gasteiger partial charge >= 0.3 is 6.09 Å². The Bertz CT molecular complexity index is 1210. The number of thiazole rings is 1. The van der Waals surface area contributed by atoms with Crippen LogP contribution in [0, 0.1) is 5.82 Å². The number of hydrogen-bond donors (Lipinski definition) is 2. The van der Waals surface area contributed by atoms with Gasteiger partial charge < -0.3 is 10.4 Å². The smallest absolute Gasteiger partial charge is 0.427 e. The minimum atomic E-state index is -4.82. The van der Waals surface area contributed by atoms with Gasteiger partial charge in [-0.05, 0) is 30.2 Å². The van der Waals surface area contributed by atoms with E-state index in [9.17, 15) is 22.7 Å². The van der Waals surface area contributed by atoms with E-state index in [0.717, 1.165) is 29.0 Å². The molecule has 1 aromatic heterocycles. The highest BCUT2D eigenvalue weighted by molar-refractivity contribution is 7.93. The minimum absolute atomic E-state index is 0.00390. The summed E-state index contributed by atoms with van der Waals surface area (Å²) < 4.78 is 40.6. The topological polar surface area (TPSA) is 99.6 Å². The van der Waals surface area contributed by atoms with Crippen LogP contribution in [-0.4, -0.2) is 24.6 Å². The molecule has 3 aromatic rings. The molecule has 2 aromatic carbocycles. The Labute approximate surface area is 192 Å². The first-order valence-electron chi connectivity index (χ1n) is 8.83. The predicted molar refractivity (Wildman–Crippen MR) is 119 cm³/mol. The van der Waals surface area contributed by atoms with Crippen LogP contribution in [0.15, 0.2) is 52.2 Å². The Balaban J connectivity index is 2.00. The van der Waals surface area contributed by atoms with Gasteiger partial charge in [0.2, 0.25) is 0 Å². The molecule has 0 radical (unpaired) electrons. The number of sulfonamides is 1. The van der Waals surface area contributed by atoms with Crippen LogP contribution < -0.4 is 9.62 Å². The number of carboxylic acid groups (broad SMARTS) is 1. The number of amides is 1. The number of hydrogen-bond acceptors (Lipinski definition) is 6. The van der Waals surface area contributed by atoms with Crippen LogP contribution in [-0.2, 0) is 10.0 Å². The summed E-state index contributed by atoms with van der Waals surface area (Å²) in [5.74, 6) is -1.53. The molecule has 12 heteroatoms. The van der Waals surface area contributed by atoms with Crippen LogP contribution in [0.3, 0.4) is 0 Å². The zero-order valence-electron chi connectivity index (χ0n) is 15.9. The van der Waals surface area contributed by atoms with Gasteiger partial charge in [0.1, 0.15) is 10.7 Å². The number of aromatic nitrogens is 1. The van der Waals surface area contributed by atoms with Gasteiger partial charge in [0.15, 0.2) is 5.82 Å². The molecule has 1 heterocycles. The van der Waals surface area contributed by atoms with Crippen LogP contribution in [0.25, 0.3) is 0 Å². The van der Waals surface area contributed by atoms with E-state index in [2.05, 4.69) is 10.3 Å². The Morgan fingerprint density at radius 2 is 2.00 bits per heavy atom. The lowest BCUT2D eigenvalue weighted by molar-refractivity contribution is 0.206. The molecule has 3 rings (SSSR count). The van der Waals surface area contributed by atoms with Gasteiger partial charge in [-0.1, -0.05) is 48.3 Å². The molecule has 2 N–H and O–H groups in total. The van der Waals surface area contributed by atoms with Gasteiger partial charge in [0.25, 0.3) is 10.0 Å².